The second-order valence-corrected chi connectivity index (χ2v) is 12.8. The third-order valence-electron chi connectivity index (χ3n) is 9.21. The van der Waals surface area contributed by atoms with Crippen LogP contribution in [0.5, 0.6) is 0 Å². The average Bonchev–Trinajstić information content (AvgIpc) is 3.19. The quantitative estimate of drug-likeness (QED) is 0.132. The average molecular weight is 651 g/mol. The first-order valence-electron chi connectivity index (χ1n) is 16.7. The molecule has 0 aromatic heterocycles. The minimum absolute atomic E-state index is 0.0258. The van der Waals surface area contributed by atoms with E-state index in [1.54, 1.807) is 0 Å². The molecular formula is C46H35ClN2. The van der Waals surface area contributed by atoms with Gasteiger partial charge in [-0.15, -0.1) is 0 Å². The number of alkyl halides is 1. The highest BCUT2D eigenvalue weighted by molar-refractivity contribution is 6.20. The third kappa shape index (κ3) is 6.84. The van der Waals surface area contributed by atoms with Crippen molar-refractivity contribution in [3.63, 3.8) is 0 Å². The van der Waals surface area contributed by atoms with Crippen molar-refractivity contribution in [2.75, 3.05) is 0 Å². The highest BCUT2D eigenvalue weighted by atomic mass is 35.5. The first kappa shape index (κ1) is 30.7. The van der Waals surface area contributed by atoms with E-state index in [1.165, 1.54) is 55.6 Å². The summed E-state index contributed by atoms with van der Waals surface area (Å²) in [7, 11) is 0. The van der Waals surface area contributed by atoms with Gasteiger partial charge in [-0.2, -0.15) is 0 Å². The van der Waals surface area contributed by atoms with E-state index >= 15 is 0 Å². The first-order valence-corrected chi connectivity index (χ1v) is 17.1. The molecule has 0 aliphatic carbocycles. The Labute approximate surface area is 293 Å². The van der Waals surface area contributed by atoms with Crippen LogP contribution >= 0.6 is 11.6 Å². The lowest BCUT2D eigenvalue weighted by molar-refractivity contribution is 0.532. The molecule has 1 heterocycles. The normalized spacial score (nSPS) is 15.7. The Kier molecular flexibility index (Phi) is 8.65. The van der Waals surface area contributed by atoms with Crippen molar-refractivity contribution in [2.24, 2.45) is 0 Å². The van der Waals surface area contributed by atoms with Crippen LogP contribution in [0, 0.1) is 0 Å². The summed E-state index contributed by atoms with van der Waals surface area (Å²) >= 11 is 6.70. The van der Waals surface area contributed by atoms with Crippen molar-refractivity contribution in [3.8, 4) is 55.6 Å². The molecule has 49 heavy (non-hydrogen) atoms. The van der Waals surface area contributed by atoms with Crippen molar-refractivity contribution in [1.82, 2.24) is 10.6 Å². The van der Waals surface area contributed by atoms with E-state index in [1.807, 2.05) is 6.07 Å². The fraction of sp³-hybridized carbons (Fsp3) is 0.0435. The minimum atomic E-state index is -0.393. The van der Waals surface area contributed by atoms with Gasteiger partial charge in [0.15, 0.2) is 5.62 Å². The fourth-order valence-corrected chi connectivity index (χ4v) is 6.85. The molecule has 2 atom stereocenters. The Morgan fingerprint density at radius 3 is 1.14 bits per heavy atom. The molecule has 0 fully saturated rings. The van der Waals surface area contributed by atoms with E-state index in [2.05, 4.69) is 193 Å². The van der Waals surface area contributed by atoms with Gasteiger partial charge in [0.2, 0.25) is 0 Å². The topological polar surface area (TPSA) is 24.1 Å². The van der Waals surface area contributed by atoms with Gasteiger partial charge >= 0.3 is 0 Å². The smallest absolute Gasteiger partial charge is 0.155 e. The Balaban J connectivity index is 1.01. The van der Waals surface area contributed by atoms with Crippen molar-refractivity contribution in [3.05, 3.63) is 199 Å². The van der Waals surface area contributed by atoms with Crippen LogP contribution in [0.2, 0.25) is 0 Å². The highest BCUT2D eigenvalue weighted by Gasteiger charge is 2.21. The summed E-state index contributed by atoms with van der Waals surface area (Å²) in [6.45, 7) is 0. The standard InChI is InChI=1S/C46H35ClN2/c47-46-48-44(36-24-20-34(21-25-36)40-16-7-14-38(28-40)32-10-3-1-4-11-32)31-45(49-46)37-26-22-35(23-27-37)41-17-9-19-43(30-41)42-18-8-15-39(29-42)33-12-5-2-6-13-33/h1-31,45-46,48-49H. The maximum Gasteiger partial charge on any atom is 0.155 e. The maximum atomic E-state index is 6.70. The molecule has 236 valence electrons. The van der Waals surface area contributed by atoms with E-state index < -0.39 is 5.62 Å². The zero-order valence-corrected chi connectivity index (χ0v) is 27.7. The van der Waals surface area contributed by atoms with E-state index in [0.29, 0.717) is 0 Å². The third-order valence-corrected chi connectivity index (χ3v) is 9.44. The van der Waals surface area contributed by atoms with E-state index in [9.17, 15) is 0 Å². The molecule has 2 N–H and O–H groups in total. The molecule has 0 spiro atoms. The van der Waals surface area contributed by atoms with Crippen LogP contribution in [0.25, 0.3) is 61.3 Å². The summed E-state index contributed by atoms with van der Waals surface area (Å²) in [4.78, 5) is 0. The molecule has 2 unspecified atom stereocenters. The Morgan fingerprint density at radius 2 is 0.694 bits per heavy atom. The van der Waals surface area contributed by atoms with Crippen LogP contribution in [0.4, 0.5) is 0 Å². The summed E-state index contributed by atoms with van der Waals surface area (Å²) in [5, 5.41) is 6.89. The van der Waals surface area contributed by atoms with E-state index in [4.69, 9.17) is 11.6 Å². The van der Waals surface area contributed by atoms with Crippen LogP contribution in [0.3, 0.4) is 0 Å². The van der Waals surface area contributed by atoms with Crippen molar-refractivity contribution in [2.45, 2.75) is 11.7 Å². The summed E-state index contributed by atoms with van der Waals surface area (Å²) < 4.78 is 0. The van der Waals surface area contributed by atoms with E-state index in [0.717, 1.165) is 16.8 Å². The molecule has 1 aliphatic heterocycles. The predicted molar refractivity (Wildman–Crippen MR) is 207 cm³/mol. The number of rotatable bonds is 7. The Bertz CT molecular complexity index is 2220. The van der Waals surface area contributed by atoms with Crippen LogP contribution in [-0.4, -0.2) is 5.62 Å². The summed E-state index contributed by atoms with van der Waals surface area (Å²) in [5.41, 5.74) is 14.9. The molecule has 0 amide bonds. The van der Waals surface area contributed by atoms with E-state index in [-0.39, 0.29) is 6.04 Å². The van der Waals surface area contributed by atoms with Gasteiger partial charge in [0.05, 0.1) is 6.04 Å². The number of benzene rings is 7. The van der Waals surface area contributed by atoms with Gasteiger partial charge in [-0.25, -0.2) is 0 Å². The predicted octanol–water partition coefficient (Wildman–Crippen LogP) is 11.8. The summed E-state index contributed by atoms with van der Waals surface area (Å²) in [5.74, 6) is 0. The SMILES string of the molecule is ClC1NC(c2ccc(-c3cccc(-c4ccccc4)c3)cc2)=CC(c2ccc(-c3cccc(-c4cccc(-c5ccccc5)c4)c3)cc2)N1. The lowest BCUT2D eigenvalue weighted by Gasteiger charge is -2.29. The van der Waals surface area contributed by atoms with Gasteiger partial charge < -0.3 is 5.32 Å². The van der Waals surface area contributed by atoms with Crippen LogP contribution < -0.4 is 10.6 Å². The first-order chi connectivity index (χ1) is 24.2. The Hall–Kier alpha value is -5.67. The van der Waals surface area contributed by atoms with Gasteiger partial charge in [-0.1, -0.05) is 175 Å². The second-order valence-electron chi connectivity index (χ2n) is 12.4. The largest absolute Gasteiger partial charge is 0.357 e. The number of hydrogen-bond donors (Lipinski definition) is 2. The van der Waals surface area contributed by atoms with Gasteiger partial charge in [-0.3, -0.25) is 5.32 Å². The van der Waals surface area contributed by atoms with Crippen LogP contribution in [0.1, 0.15) is 17.2 Å². The Morgan fingerprint density at radius 1 is 0.347 bits per heavy atom. The van der Waals surface area contributed by atoms with Crippen molar-refractivity contribution in [1.29, 1.82) is 0 Å². The number of nitrogens with one attached hydrogen (secondary N) is 2. The van der Waals surface area contributed by atoms with Crippen molar-refractivity contribution >= 4 is 17.3 Å². The minimum Gasteiger partial charge on any atom is -0.357 e. The molecule has 2 nitrogen and oxygen atoms in total. The van der Waals surface area contributed by atoms with Crippen LogP contribution in [-0.2, 0) is 0 Å². The zero-order valence-electron chi connectivity index (χ0n) is 26.9. The summed E-state index contributed by atoms with van der Waals surface area (Å²) in [6, 6.07) is 64.7. The lowest BCUT2D eigenvalue weighted by atomic mass is 9.95. The molecule has 0 saturated heterocycles. The van der Waals surface area contributed by atoms with Crippen molar-refractivity contribution < 1.29 is 0 Å². The lowest BCUT2D eigenvalue weighted by Crippen LogP contribution is -2.42. The van der Waals surface area contributed by atoms with Crippen LogP contribution in [0.15, 0.2) is 188 Å². The number of halogens is 1. The molecule has 7 aromatic carbocycles. The molecule has 0 saturated carbocycles. The van der Waals surface area contributed by atoms with Gasteiger partial charge in [0, 0.05) is 5.70 Å². The highest BCUT2D eigenvalue weighted by Crippen LogP contribution is 2.33. The van der Waals surface area contributed by atoms with Gasteiger partial charge in [0.25, 0.3) is 0 Å². The molecule has 7 aromatic rings. The zero-order chi connectivity index (χ0) is 33.0. The molecule has 1 aliphatic rings. The molecule has 8 rings (SSSR count). The molecule has 3 heteroatoms. The number of hydrogen-bond acceptors (Lipinski definition) is 2. The maximum absolute atomic E-state index is 6.70. The van der Waals surface area contributed by atoms with Gasteiger partial charge in [-0.05, 0) is 91.0 Å². The molecule has 0 bridgehead atoms. The fourth-order valence-electron chi connectivity index (χ4n) is 6.59. The second kappa shape index (κ2) is 13.8. The van der Waals surface area contributed by atoms with Gasteiger partial charge in [0.1, 0.15) is 0 Å². The molecular weight excluding hydrogens is 616 g/mol. The molecule has 0 radical (unpaired) electrons. The summed E-state index contributed by atoms with van der Waals surface area (Å²) in [6.07, 6.45) is 2.22. The monoisotopic (exact) mass is 650 g/mol.